The smallest absolute Gasteiger partial charge is 0.118 e. The van der Waals surface area contributed by atoms with Crippen LogP contribution in [0.4, 0.5) is 0 Å². The molecule has 0 spiro atoms. The van der Waals surface area contributed by atoms with Gasteiger partial charge in [-0.05, 0) is 92.6 Å². The van der Waals surface area contributed by atoms with Gasteiger partial charge in [0.25, 0.3) is 0 Å². The van der Waals surface area contributed by atoms with Crippen LogP contribution in [-0.4, -0.2) is 16.2 Å². The van der Waals surface area contributed by atoms with Crippen LogP contribution in [0.1, 0.15) is 16.7 Å². The Morgan fingerprint density at radius 1 is 0.459 bits per heavy atom. The Bertz CT molecular complexity index is 1680. The molecule has 6 aromatic rings. The van der Waals surface area contributed by atoms with E-state index in [0.29, 0.717) is 0 Å². The molecule has 37 heavy (non-hydrogen) atoms. The van der Waals surface area contributed by atoms with Crippen molar-refractivity contribution in [1.82, 2.24) is 9.13 Å². The van der Waals surface area contributed by atoms with Crippen LogP contribution < -0.4 is 4.74 Å². The molecule has 0 radical (unpaired) electrons. The van der Waals surface area contributed by atoms with Crippen LogP contribution >= 0.6 is 0 Å². The number of ether oxygens (including phenoxy) is 1. The van der Waals surface area contributed by atoms with Crippen LogP contribution in [0.15, 0.2) is 109 Å². The number of methoxy groups -OCH3 is 1. The van der Waals surface area contributed by atoms with Crippen molar-refractivity contribution in [1.29, 1.82) is 0 Å². The van der Waals surface area contributed by atoms with Crippen molar-refractivity contribution in [3.8, 4) is 39.6 Å². The third kappa shape index (κ3) is 4.13. The molecule has 0 bridgehead atoms. The molecule has 4 aromatic carbocycles. The summed E-state index contributed by atoms with van der Waals surface area (Å²) in [7, 11) is 1.70. The van der Waals surface area contributed by atoms with E-state index in [0.717, 1.165) is 28.4 Å². The van der Waals surface area contributed by atoms with Crippen molar-refractivity contribution in [2.45, 2.75) is 20.8 Å². The molecule has 0 unspecified atom stereocenters. The fourth-order valence-electron chi connectivity index (χ4n) is 5.01. The fourth-order valence-corrected chi connectivity index (χ4v) is 5.01. The lowest BCUT2D eigenvalue weighted by Gasteiger charge is -2.13. The summed E-state index contributed by atoms with van der Waals surface area (Å²) < 4.78 is 10.2. The molecule has 0 amide bonds. The van der Waals surface area contributed by atoms with E-state index in [2.05, 4.69) is 127 Å². The van der Waals surface area contributed by atoms with E-state index in [1.165, 1.54) is 39.0 Å². The molecular formula is C34H30N2O. The summed E-state index contributed by atoms with van der Waals surface area (Å²) in [6, 6.07) is 39.3. The molecule has 3 nitrogen and oxygen atoms in total. The van der Waals surface area contributed by atoms with Crippen LogP contribution in [0.25, 0.3) is 44.9 Å². The summed E-state index contributed by atoms with van der Waals surface area (Å²) in [6.07, 6.45) is 0. The molecular weight excluding hydrogens is 452 g/mol. The minimum Gasteiger partial charge on any atom is -0.497 e. The van der Waals surface area contributed by atoms with E-state index < -0.39 is 0 Å². The van der Waals surface area contributed by atoms with Crippen LogP contribution in [0.3, 0.4) is 0 Å². The molecule has 0 aliphatic rings. The number of aromatic nitrogens is 2. The summed E-state index contributed by atoms with van der Waals surface area (Å²) in [5, 5.41) is 0. The largest absolute Gasteiger partial charge is 0.497 e. The highest BCUT2D eigenvalue weighted by atomic mass is 16.5. The molecule has 0 aliphatic carbocycles. The minimum absolute atomic E-state index is 0.854. The second-order valence-corrected chi connectivity index (χ2v) is 9.77. The second-order valence-electron chi connectivity index (χ2n) is 9.77. The van der Waals surface area contributed by atoms with E-state index in [1.54, 1.807) is 7.11 Å². The molecule has 182 valence electrons. The van der Waals surface area contributed by atoms with Crippen LogP contribution in [0.5, 0.6) is 5.75 Å². The van der Waals surface area contributed by atoms with Crippen molar-refractivity contribution >= 4 is 11.0 Å². The normalized spacial score (nSPS) is 11.2. The molecule has 0 atom stereocenters. The molecule has 2 heterocycles. The quantitative estimate of drug-likeness (QED) is 0.240. The van der Waals surface area contributed by atoms with Gasteiger partial charge in [0, 0.05) is 11.4 Å². The van der Waals surface area contributed by atoms with Crippen molar-refractivity contribution in [3.63, 3.8) is 0 Å². The Kier molecular flexibility index (Phi) is 5.69. The molecule has 0 saturated heterocycles. The van der Waals surface area contributed by atoms with Gasteiger partial charge < -0.3 is 13.9 Å². The van der Waals surface area contributed by atoms with Crippen LogP contribution in [0.2, 0.25) is 0 Å². The van der Waals surface area contributed by atoms with Crippen molar-refractivity contribution < 1.29 is 4.74 Å². The molecule has 3 heteroatoms. The maximum absolute atomic E-state index is 5.43. The number of rotatable bonds is 5. The SMILES string of the molecule is COc1ccc(-c2cc3c(cc(-c4ccc(C)cc4)n3-c3ccc(C)cc3)n2-c2ccc(C)cc2)cc1. The van der Waals surface area contributed by atoms with Gasteiger partial charge >= 0.3 is 0 Å². The Labute approximate surface area is 218 Å². The molecule has 0 saturated carbocycles. The third-order valence-corrected chi connectivity index (χ3v) is 7.09. The van der Waals surface area contributed by atoms with Crippen molar-refractivity contribution in [2.24, 2.45) is 0 Å². The van der Waals surface area contributed by atoms with Gasteiger partial charge in [0.1, 0.15) is 5.75 Å². The maximum Gasteiger partial charge on any atom is 0.118 e. The molecule has 0 N–H and O–H groups in total. The Morgan fingerprint density at radius 2 is 0.811 bits per heavy atom. The first kappa shape index (κ1) is 22.9. The highest BCUT2D eigenvalue weighted by Gasteiger charge is 2.20. The maximum atomic E-state index is 5.43. The standard InChI is InChI=1S/C34H30N2O/c1-23-5-11-26(12-6-23)31-21-33-34(35(31)28-15-7-24(2)8-16-28)22-32(27-13-19-30(37-4)20-14-27)36(33)29-17-9-25(3)10-18-29/h5-22H,1-4H3. The molecule has 2 aromatic heterocycles. The summed E-state index contributed by atoms with van der Waals surface area (Å²) in [6.45, 7) is 6.39. The van der Waals surface area contributed by atoms with Gasteiger partial charge in [0.15, 0.2) is 0 Å². The van der Waals surface area contributed by atoms with E-state index in [-0.39, 0.29) is 0 Å². The van der Waals surface area contributed by atoms with Crippen molar-refractivity contribution in [3.05, 3.63) is 126 Å². The topological polar surface area (TPSA) is 19.1 Å². The lowest BCUT2D eigenvalue weighted by atomic mass is 10.1. The second kappa shape index (κ2) is 9.18. The summed E-state index contributed by atoms with van der Waals surface area (Å²) >= 11 is 0. The first-order valence-electron chi connectivity index (χ1n) is 12.6. The highest BCUT2D eigenvalue weighted by Crippen LogP contribution is 2.39. The third-order valence-electron chi connectivity index (χ3n) is 7.09. The monoisotopic (exact) mass is 482 g/mol. The predicted octanol–water partition coefficient (Wildman–Crippen LogP) is 8.69. The molecule has 0 aliphatic heterocycles. The Hall–Kier alpha value is -4.50. The average Bonchev–Trinajstić information content (AvgIpc) is 3.47. The zero-order chi connectivity index (χ0) is 25.5. The Balaban J connectivity index is 1.68. The van der Waals surface area contributed by atoms with Gasteiger partial charge in [-0.1, -0.05) is 65.2 Å². The van der Waals surface area contributed by atoms with Crippen molar-refractivity contribution in [2.75, 3.05) is 7.11 Å². The van der Waals surface area contributed by atoms with Crippen LogP contribution in [-0.2, 0) is 0 Å². The lowest BCUT2D eigenvalue weighted by Crippen LogP contribution is -1.97. The number of nitrogens with zero attached hydrogens (tertiary/aromatic N) is 2. The van der Waals surface area contributed by atoms with Gasteiger partial charge in [-0.15, -0.1) is 0 Å². The fraction of sp³-hybridized carbons (Fsp3) is 0.118. The van der Waals surface area contributed by atoms with Gasteiger partial charge in [0.2, 0.25) is 0 Å². The summed E-state index contributed by atoms with van der Waals surface area (Å²) in [5.74, 6) is 0.854. The summed E-state index contributed by atoms with van der Waals surface area (Å²) in [5.41, 5.74) is 13.1. The minimum atomic E-state index is 0.854. The van der Waals surface area contributed by atoms with Gasteiger partial charge in [-0.3, -0.25) is 0 Å². The number of benzene rings is 4. The van der Waals surface area contributed by atoms with E-state index in [9.17, 15) is 0 Å². The number of hydrogen-bond donors (Lipinski definition) is 0. The average molecular weight is 483 g/mol. The van der Waals surface area contributed by atoms with Gasteiger partial charge in [0.05, 0.1) is 29.5 Å². The number of aryl methyl sites for hydroxylation is 3. The zero-order valence-electron chi connectivity index (χ0n) is 21.7. The van der Waals surface area contributed by atoms with E-state index in [4.69, 9.17) is 4.74 Å². The van der Waals surface area contributed by atoms with E-state index >= 15 is 0 Å². The lowest BCUT2D eigenvalue weighted by molar-refractivity contribution is 0.415. The number of hydrogen-bond acceptors (Lipinski definition) is 1. The first-order valence-corrected chi connectivity index (χ1v) is 12.6. The molecule has 6 rings (SSSR count). The Morgan fingerprint density at radius 3 is 1.19 bits per heavy atom. The van der Waals surface area contributed by atoms with Gasteiger partial charge in [-0.25, -0.2) is 0 Å². The predicted molar refractivity (Wildman–Crippen MR) is 154 cm³/mol. The van der Waals surface area contributed by atoms with Crippen LogP contribution in [0, 0.1) is 20.8 Å². The summed E-state index contributed by atoms with van der Waals surface area (Å²) in [4.78, 5) is 0. The number of fused-ring (bicyclic) bond motifs is 1. The first-order chi connectivity index (χ1) is 18.0. The van der Waals surface area contributed by atoms with Gasteiger partial charge in [-0.2, -0.15) is 0 Å². The van der Waals surface area contributed by atoms with E-state index in [1.807, 2.05) is 12.1 Å². The zero-order valence-corrected chi connectivity index (χ0v) is 21.7. The highest BCUT2D eigenvalue weighted by molar-refractivity contribution is 5.93. The molecule has 0 fully saturated rings.